The molecule has 0 unspecified atom stereocenters. The van der Waals surface area contributed by atoms with Crippen molar-refractivity contribution in [3.63, 3.8) is 0 Å². The maximum Gasteiger partial charge on any atom is 0.194 e. The van der Waals surface area contributed by atoms with Crippen molar-refractivity contribution >= 4 is 23.4 Å². The zero-order valence-corrected chi connectivity index (χ0v) is 21.2. The molecule has 0 amide bonds. The van der Waals surface area contributed by atoms with E-state index in [4.69, 9.17) is 16.3 Å². The van der Waals surface area contributed by atoms with Gasteiger partial charge in [0.25, 0.3) is 0 Å². The number of hydrogen-bond donors (Lipinski definition) is 4. The highest BCUT2D eigenvalue weighted by Gasteiger charge is 2.48. The molecule has 6 atom stereocenters. The fourth-order valence-electron chi connectivity index (χ4n) is 4.19. The molecule has 0 saturated carbocycles. The molecule has 1 aliphatic rings. The maximum absolute atomic E-state index is 13.7. The van der Waals surface area contributed by atoms with Crippen molar-refractivity contribution in [2.75, 3.05) is 6.61 Å². The second kappa shape index (κ2) is 10.9. The van der Waals surface area contributed by atoms with Crippen molar-refractivity contribution in [2.24, 2.45) is 0 Å². The maximum atomic E-state index is 13.7. The van der Waals surface area contributed by atoms with Crippen molar-refractivity contribution < 1.29 is 38.3 Å². The van der Waals surface area contributed by atoms with Crippen molar-refractivity contribution in [3.05, 3.63) is 70.6 Å². The van der Waals surface area contributed by atoms with E-state index in [1.807, 2.05) is 0 Å². The second-order valence-corrected chi connectivity index (χ2v) is 10.8. The van der Waals surface area contributed by atoms with Gasteiger partial charge in [-0.3, -0.25) is 0 Å². The molecule has 0 aliphatic carbocycles. The molecule has 1 fully saturated rings. The number of hydrogen-bond acceptors (Lipinski definition) is 8. The minimum absolute atomic E-state index is 0.0427. The first kappa shape index (κ1) is 27.8. The van der Waals surface area contributed by atoms with Gasteiger partial charge in [0, 0.05) is 10.6 Å². The van der Waals surface area contributed by atoms with Crippen LogP contribution in [0.15, 0.2) is 42.6 Å². The Hall–Kier alpha value is -2.19. The van der Waals surface area contributed by atoms with E-state index in [-0.39, 0.29) is 11.3 Å². The number of halogens is 4. The van der Waals surface area contributed by atoms with Crippen molar-refractivity contribution in [3.8, 4) is 11.3 Å². The van der Waals surface area contributed by atoms with Crippen molar-refractivity contribution in [2.45, 2.75) is 54.5 Å². The van der Waals surface area contributed by atoms with Crippen LogP contribution in [-0.4, -0.2) is 71.4 Å². The molecule has 2 aromatic carbocycles. The molecule has 37 heavy (non-hydrogen) atoms. The van der Waals surface area contributed by atoms with E-state index in [1.54, 1.807) is 38.1 Å². The summed E-state index contributed by atoms with van der Waals surface area (Å²) in [5.41, 5.74) is -1.96. The summed E-state index contributed by atoms with van der Waals surface area (Å²) in [4.78, 5) is 0. The van der Waals surface area contributed by atoms with Gasteiger partial charge < -0.3 is 25.2 Å². The molecule has 3 aromatic rings. The van der Waals surface area contributed by atoms with Crippen LogP contribution in [0.3, 0.4) is 0 Å². The third-order valence-electron chi connectivity index (χ3n) is 6.04. The van der Waals surface area contributed by atoms with Gasteiger partial charge in [-0.15, -0.1) is 16.9 Å². The summed E-state index contributed by atoms with van der Waals surface area (Å²) < 4.78 is 47.7. The van der Waals surface area contributed by atoms with E-state index >= 15 is 0 Å². The normalized spacial score (nSPS) is 25.3. The minimum Gasteiger partial charge on any atom is -0.394 e. The largest absolute Gasteiger partial charge is 0.394 e. The molecule has 0 bridgehead atoms. The van der Waals surface area contributed by atoms with Crippen LogP contribution < -0.4 is 0 Å². The Morgan fingerprint density at radius 3 is 2.38 bits per heavy atom. The Morgan fingerprint density at radius 2 is 1.78 bits per heavy atom. The summed E-state index contributed by atoms with van der Waals surface area (Å²) in [6.45, 7) is 2.55. The van der Waals surface area contributed by atoms with E-state index in [9.17, 15) is 33.6 Å². The molecular weight excluding hydrogens is 535 g/mol. The van der Waals surface area contributed by atoms with Gasteiger partial charge in [0.2, 0.25) is 0 Å². The van der Waals surface area contributed by atoms with Crippen molar-refractivity contribution in [1.29, 1.82) is 0 Å². The van der Waals surface area contributed by atoms with Gasteiger partial charge in [-0.1, -0.05) is 35.0 Å². The molecule has 8 nitrogen and oxygen atoms in total. The molecule has 4 rings (SSSR count). The molecule has 1 saturated heterocycles. The molecule has 13 heteroatoms. The van der Waals surface area contributed by atoms with Gasteiger partial charge in [-0.25, -0.2) is 17.9 Å². The number of aliphatic hydroxyl groups excluding tert-OH is 3. The summed E-state index contributed by atoms with van der Waals surface area (Å²) in [6.07, 6.45) is -2.81. The topological polar surface area (TPSA) is 121 Å². The molecule has 0 radical (unpaired) electrons. The third kappa shape index (κ3) is 5.65. The summed E-state index contributed by atoms with van der Waals surface area (Å²) in [7, 11) is 0. The quantitative estimate of drug-likeness (QED) is 0.326. The van der Waals surface area contributed by atoms with Gasteiger partial charge in [0.15, 0.2) is 17.5 Å². The van der Waals surface area contributed by atoms with Gasteiger partial charge in [-0.2, -0.15) is 0 Å². The number of benzene rings is 2. The summed E-state index contributed by atoms with van der Waals surface area (Å²) in [6, 6.07) is 7.17. The van der Waals surface area contributed by atoms with Gasteiger partial charge >= 0.3 is 0 Å². The van der Waals surface area contributed by atoms with Crippen LogP contribution in [0.4, 0.5) is 13.2 Å². The third-order valence-corrected chi connectivity index (χ3v) is 8.15. The smallest absolute Gasteiger partial charge is 0.194 e. The van der Waals surface area contributed by atoms with Crippen LogP contribution in [-0.2, 0) is 4.74 Å². The fourth-order valence-corrected chi connectivity index (χ4v) is 5.98. The molecular formula is C24H25ClF3N3O5S. The van der Waals surface area contributed by atoms with E-state index in [1.165, 1.54) is 6.20 Å². The second-order valence-electron chi connectivity index (χ2n) is 9.23. The van der Waals surface area contributed by atoms with Gasteiger partial charge in [0.1, 0.15) is 35.5 Å². The van der Waals surface area contributed by atoms with E-state index in [0.29, 0.717) is 10.6 Å². The monoisotopic (exact) mass is 559 g/mol. The molecule has 1 aromatic heterocycles. The van der Waals surface area contributed by atoms with Crippen LogP contribution in [0.1, 0.15) is 30.7 Å². The number of nitrogens with zero attached hydrogens (tertiary/aromatic N) is 3. The Kier molecular flexibility index (Phi) is 8.19. The van der Waals surface area contributed by atoms with E-state index in [2.05, 4.69) is 10.3 Å². The van der Waals surface area contributed by atoms with Crippen LogP contribution >= 0.6 is 23.4 Å². The number of aromatic nitrogens is 3. The first-order chi connectivity index (χ1) is 17.4. The Morgan fingerprint density at radius 1 is 1.14 bits per heavy atom. The number of thioether (sulfide) groups is 1. The Bertz CT molecular complexity index is 1240. The highest BCUT2D eigenvalue weighted by molar-refractivity contribution is 8.00. The summed E-state index contributed by atoms with van der Waals surface area (Å²) in [5.74, 6) is -4.45. The van der Waals surface area contributed by atoms with Crippen LogP contribution in [0.25, 0.3) is 11.3 Å². The predicted molar refractivity (Wildman–Crippen MR) is 130 cm³/mol. The highest BCUT2D eigenvalue weighted by atomic mass is 35.5. The number of ether oxygens (including phenoxy) is 1. The first-order valence-electron chi connectivity index (χ1n) is 11.2. The van der Waals surface area contributed by atoms with Crippen molar-refractivity contribution in [1.82, 2.24) is 15.0 Å². The first-order valence-corrected chi connectivity index (χ1v) is 12.6. The average molecular weight is 560 g/mol. The standard InChI is InChI=1S/C24H25ClF3N3O5S/c1-24(2,35)22(12-5-3-4-6-13(12)25)37-23-21(34)19(20(33)17(10-32)36-23)31-9-16(29-30-31)11-7-14(26)18(28)15(27)8-11/h3-9,17,19-23,32-35H,10H2,1-2H3/t17-,19+,20+,21-,22-,23+/m1/s1. The van der Waals surface area contributed by atoms with E-state index < -0.39 is 64.7 Å². The summed E-state index contributed by atoms with van der Waals surface area (Å²) in [5, 5.41) is 50.3. The fraction of sp³-hybridized carbons (Fsp3) is 0.417. The SMILES string of the molecule is CC(C)(O)[C@H](S[C@@H]1O[C@H](CO)[C@H](O)[C@H](n2cc(-c3cc(F)c(F)c(F)c3)nn2)[C@H]1O)c1ccccc1Cl. The minimum atomic E-state index is -1.63. The zero-order chi connectivity index (χ0) is 27.1. The van der Waals surface area contributed by atoms with Gasteiger partial charge in [0.05, 0.1) is 23.7 Å². The predicted octanol–water partition coefficient (Wildman–Crippen LogP) is 3.24. The Labute approximate surface area is 219 Å². The van der Waals surface area contributed by atoms with Crippen LogP contribution in [0.2, 0.25) is 5.02 Å². The lowest BCUT2D eigenvalue weighted by Crippen LogP contribution is -2.55. The number of rotatable bonds is 7. The Balaban J connectivity index is 1.67. The molecule has 2 heterocycles. The van der Waals surface area contributed by atoms with E-state index in [0.717, 1.165) is 28.6 Å². The van der Waals surface area contributed by atoms with Crippen LogP contribution in [0.5, 0.6) is 0 Å². The lowest BCUT2D eigenvalue weighted by Gasteiger charge is -2.44. The van der Waals surface area contributed by atoms with Gasteiger partial charge in [-0.05, 0) is 37.6 Å². The molecule has 4 N–H and O–H groups in total. The molecule has 1 aliphatic heterocycles. The number of aliphatic hydroxyl groups is 4. The average Bonchev–Trinajstić information content (AvgIpc) is 3.31. The molecule has 200 valence electrons. The van der Waals surface area contributed by atoms with Crippen LogP contribution in [0, 0.1) is 17.5 Å². The summed E-state index contributed by atoms with van der Waals surface area (Å²) >= 11 is 7.41. The highest BCUT2D eigenvalue weighted by Crippen LogP contribution is 2.47. The lowest BCUT2D eigenvalue weighted by atomic mass is 9.97. The zero-order valence-electron chi connectivity index (χ0n) is 19.7. The lowest BCUT2D eigenvalue weighted by molar-refractivity contribution is -0.178. The molecule has 0 spiro atoms.